The second-order valence-electron chi connectivity index (χ2n) is 7.59. The van der Waals surface area contributed by atoms with E-state index in [1.165, 1.54) is 19.3 Å². The van der Waals surface area contributed by atoms with E-state index < -0.39 is 0 Å². The Balaban J connectivity index is 1.68. The van der Waals surface area contributed by atoms with Crippen LogP contribution in [-0.2, 0) is 11.2 Å². The van der Waals surface area contributed by atoms with E-state index in [-0.39, 0.29) is 5.91 Å². The molecule has 0 aliphatic heterocycles. The summed E-state index contributed by atoms with van der Waals surface area (Å²) in [6, 6.07) is 2.28. The number of rotatable bonds is 6. The van der Waals surface area contributed by atoms with Crippen molar-refractivity contribution in [2.45, 2.75) is 64.8 Å². The number of aromatic nitrogens is 4. The van der Waals surface area contributed by atoms with Crippen molar-refractivity contribution < 1.29 is 4.79 Å². The predicted octanol–water partition coefficient (Wildman–Crippen LogP) is 2.73. The largest absolute Gasteiger partial charge is 0.363 e. The standard InChI is InChI=1S/C20H30N6O/c1-14-17(10-11-20(27)23-16-8-6-5-7-9-16)15(2)26(24-14)19-12-18(25(3)4)21-13-22-19/h12-13,16H,5-11H2,1-4H3,(H,23,27). The molecular formula is C20H30N6O. The molecule has 7 heteroatoms. The minimum Gasteiger partial charge on any atom is -0.363 e. The Morgan fingerprint density at radius 2 is 1.96 bits per heavy atom. The fraction of sp³-hybridized carbons (Fsp3) is 0.600. The van der Waals surface area contributed by atoms with Crippen LogP contribution in [0.15, 0.2) is 12.4 Å². The first-order valence-corrected chi connectivity index (χ1v) is 9.80. The average molecular weight is 371 g/mol. The van der Waals surface area contributed by atoms with Gasteiger partial charge in [-0.2, -0.15) is 5.10 Å². The molecule has 2 aromatic rings. The van der Waals surface area contributed by atoms with E-state index in [9.17, 15) is 4.79 Å². The van der Waals surface area contributed by atoms with Gasteiger partial charge in [0.2, 0.25) is 5.91 Å². The summed E-state index contributed by atoms with van der Waals surface area (Å²) in [5.74, 6) is 1.72. The van der Waals surface area contributed by atoms with Crippen LogP contribution in [0.25, 0.3) is 5.82 Å². The summed E-state index contributed by atoms with van der Waals surface area (Å²) in [6.45, 7) is 4.03. The van der Waals surface area contributed by atoms with Crippen molar-refractivity contribution in [3.05, 3.63) is 29.3 Å². The molecule has 0 bridgehead atoms. The molecule has 27 heavy (non-hydrogen) atoms. The summed E-state index contributed by atoms with van der Waals surface area (Å²) in [4.78, 5) is 22.9. The van der Waals surface area contributed by atoms with E-state index in [1.54, 1.807) is 6.33 Å². The molecule has 1 aliphatic carbocycles. The zero-order valence-electron chi connectivity index (χ0n) is 16.8. The SMILES string of the molecule is Cc1nn(-c2cc(N(C)C)ncn2)c(C)c1CCC(=O)NC1CCCCC1. The van der Waals surface area contributed by atoms with Crippen LogP contribution in [0.5, 0.6) is 0 Å². The highest BCUT2D eigenvalue weighted by Gasteiger charge is 2.18. The number of nitrogens with zero attached hydrogens (tertiary/aromatic N) is 5. The average Bonchev–Trinajstić information content (AvgIpc) is 2.95. The van der Waals surface area contributed by atoms with Gasteiger partial charge in [-0.1, -0.05) is 19.3 Å². The fourth-order valence-corrected chi connectivity index (χ4v) is 3.74. The Morgan fingerprint density at radius 1 is 1.22 bits per heavy atom. The Hall–Kier alpha value is -2.44. The van der Waals surface area contributed by atoms with Gasteiger partial charge < -0.3 is 10.2 Å². The van der Waals surface area contributed by atoms with E-state index >= 15 is 0 Å². The zero-order chi connectivity index (χ0) is 19.4. The number of hydrogen-bond donors (Lipinski definition) is 1. The van der Waals surface area contributed by atoms with Crippen LogP contribution in [0.3, 0.4) is 0 Å². The summed E-state index contributed by atoms with van der Waals surface area (Å²) >= 11 is 0. The second-order valence-corrected chi connectivity index (χ2v) is 7.59. The Bertz CT molecular complexity index is 792. The molecule has 1 fully saturated rings. The molecule has 146 valence electrons. The third-order valence-corrected chi connectivity index (χ3v) is 5.33. The van der Waals surface area contributed by atoms with E-state index in [1.807, 2.05) is 43.6 Å². The molecule has 7 nitrogen and oxygen atoms in total. The van der Waals surface area contributed by atoms with Gasteiger partial charge in [0.15, 0.2) is 5.82 Å². The minimum absolute atomic E-state index is 0.144. The maximum absolute atomic E-state index is 12.3. The van der Waals surface area contributed by atoms with E-state index in [4.69, 9.17) is 0 Å². The molecule has 1 amide bonds. The number of nitrogens with one attached hydrogen (secondary N) is 1. The van der Waals surface area contributed by atoms with E-state index in [0.29, 0.717) is 18.9 Å². The summed E-state index contributed by atoms with van der Waals surface area (Å²) in [7, 11) is 3.90. The van der Waals surface area contributed by atoms with Gasteiger partial charge >= 0.3 is 0 Å². The molecule has 1 aliphatic rings. The lowest BCUT2D eigenvalue weighted by atomic mass is 9.95. The van der Waals surface area contributed by atoms with Crippen molar-refractivity contribution in [1.29, 1.82) is 0 Å². The van der Waals surface area contributed by atoms with Crippen LogP contribution in [0, 0.1) is 13.8 Å². The number of hydrogen-bond acceptors (Lipinski definition) is 5. The summed E-state index contributed by atoms with van der Waals surface area (Å²) in [5.41, 5.74) is 3.10. The van der Waals surface area contributed by atoms with Gasteiger partial charge in [-0.3, -0.25) is 4.79 Å². The maximum Gasteiger partial charge on any atom is 0.220 e. The molecule has 1 saturated carbocycles. The molecule has 3 rings (SSSR count). The predicted molar refractivity (Wildman–Crippen MR) is 106 cm³/mol. The van der Waals surface area contributed by atoms with Gasteiger partial charge in [0.1, 0.15) is 12.1 Å². The first-order chi connectivity index (χ1) is 13.0. The quantitative estimate of drug-likeness (QED) is 0.846. The molecule has 2 heterocycles. The lowest BCUT2D eigenvalue weighted by molar-refractivity contribution is -0.121. The Labute approximate surface area is 161 Å². The van der Waals surface area contributed by atoms with Crippen molar-refractivity contribution in [1.82, 2.24) is 25.1 Å². The highest BCUT2D eigenvalue weighted by atomic mass is 16.1. The van der Waals surface area contributed by atoms with Gasteiger partial charge in [0, 0.05) is 38.3 Å². The van der Waals surface area contributed by atoms with Crippen LogP contribution in [0.4, 0.5) is 5.82 Å². The molecule has 1 N–H and O–H groups in total. The molecule has 0 atom stereocenters. The smallest absolute Gasteiger partial charge is 0.220 e. The summed E-state index contributed by atoms with van der Waals surface area (Å²) < 4.78 is 1.85. The van der Waals surface area contributed by atoms with Gasteiger partial charge in [-0.15, -0.1) is 0 Å². The van der Waals surface area contributed by atoms with Crippen molar-refractivity contribution in [2.24, 2.45) is 0 Å². The summed E-state index contributed by atoms with van der Waals surface area (Å²) in [5, 5.41) is 7.84. The number of carbonyl (C=O) groups is 1. The molecular weight excluding hydrogens is 340 g/mol. The Kier molecular flexibility index (Phi) is 6.08. The van der Waals surface area contributed by atoms with Crippen LogP contribution >= 0.6 is 0 Å². The lowest BCUT2D eigenvalue weighted by Gasteiger charge is -2.22. The molecule has 0 radical (unpaired) electrons. The van der Waals surface area contributed by atoms with E-state index in [0.717, 1.165) is 41.4 Å². The van der Waals surface area contributed by atoms with Crippen LogP contribution in [0.2, 0.25) is 0 Å². The van der Waals surface area contributed by atoms with Gasteiger partial charge in [0.05, 0.1) is 5.69 Å². The number of aryl methyl sites for hydroxylation is 1. The van der Waals surface area contributed by atoms with Crippen molar-refractivity contribution >= 4 is 11.7 Å². The van der Waals surface area contributed by atoms with Gasteiger partial charge in [-0.25, -0.2) is 14.6 Å². The van der Waals surface area contributed by atoms with Gasteiger partial charge in [-0.05, 0) is 38.7 Å². The lowest BCUT2D eigenvalue weighted by Crippen LogP contribution is -2.36. The third kappa shape index (κ3) is 4.64. The number of amides is 1. The maximum atomic E-state index is 12.3. The number of anilines is 1. The monoisotopic (exact) mass is 370 g/mol. The normalized spacial score (nSPS) is 15.0. The van der Waals surface area contributed by atoms with Crippen molar-refractivity contribution in [3.8, 4) is 5.82 Å². The number of carbonyl (C=O) groups excluding carboxylic acids is 1. The molecule has 2 aromatic heterocycles. The first-order valence-electron chi connectivity index (χ1n) is 9.80. The van der Waals surface area contributed by atoms with Crippen LogP contribution in [-0.4, -0.2) is 45.8 Å². The Morgan fingerprint density at radius 3 is 2.67 bits per heavy atom. The minimum atomic E-state index is 0.144. The topological polar surface area (TPSA) is 75.9 Å². The highest BCUT2D eigenvalue weighted by Crippen LogP contribution is 2.21. The van der Waals surface area contributed by atoms with Crippen LogP contribution < -0.4 is 10.2 Å². The van der Waals surface area contributed by atoms with Crippen molar-refractivity contribution in [3.63, 3.8) is 0 Å². The highest BCUT2D eigenvalue weighted by molar-refractivity contribution is 5.76. The fourth-order valence-electron chi connectivity index (χ4n) is 3.74. The van der Waals surface area contributed by atoms with Gasteiger partial charge in [0.25, 0.3) is 0 Å². The van der Waals surface area contributed by atoms with E-state index in [2.05, 4.69) is 20.4 Å². The first kappa shape index (κ1) is 19.3. The van der Waals surface area contributed by atoms with Crippen LogP contribution in [0.1, 0.15) is 55.5 Å². The van der Waals surface area contributed by atoms with Crippen molar-refractivity contribution in [2.75, 3.05) is 19.0 Å². The molecule has 0 spiro atoms. The second kappa shape index (κ2) is 8.50. The molecule has 0 aromatic carbocycles. The zero-order valence-corrected chi connectivity index (χ0v) is 16.8. The third-order valence-electron chi connectivity index (χ3n) is 5.33. The molecule has 0 saturated heterocycles. The molecule has 0 unspecified atom stereocenters. The summed E-state index contributed by atoms with van der Waals surface area (Å²) in [6.07, 6.45) is 8.72.